The van der Waals surface area contributed by atoms with Crippen molar-refractivity contribution in [2.45, 2.75) is 70.4 Å². The van der Waals surface area contributed by atoms with Crippen LogP contribution in [0.3, 0.4) is 0 Å². The quantitative estimate of drug-likeness (QED) is 0.817. The van der Waals surface area contributed by atoms with Gasteiger partial charge in [0, 0.05) is 12.6 Å². The highest BCUT2D eigenvalue weighted by Gasteiger charge is 2.32. The van der Waals surface area contributed by atoms with Gasteiger partial charge in [-0.05, 0) is 42.4 Å². The first-order chi connectivity index (χ1) is 10.3. The lowest BCUT2D eigenvalue weighted by Crippen LogP contribution is -2.42. The summed E-state index contributed by atoms with van der Waals surface area (Å²) in [5.41, 5.74) is 1.07. The van der Waals surface area contributed by atoms with Crippen LogP contribution < -0.4 is 5.32 Å². The van der Waals surface area contributed by atoms with Crippen LogP contribution in [0.25, 0.3) is 0 Å². The molecule has 2 unspecified atom stereocenters. The Hall–Kier alpha value is -0.890. The van der Waals surface area contributed by atoms with Crippen LogP contribution in [0.4, 0.5) is 4.39 Å². The molecule has 0 saturated heterocycles. The molecule has 2 aliphatic rings. The van der Waals surface area contributed by atoms with E-state index in [0.717, 1.165) is 23.9 Å². The number of hydrogen-bond acceptors (Lipinski definition) is 1. The van der Waals surface area contributed by atoms with Crippen LogP contribution in [0.2, 0.25) is 0 Å². The minimum Gasteiger partial charge on any atom is -0.310 e. The molecular weight excluding hydrogens is 261 g/mol. The molecule has 2 heteroatoms. The van der Waals surface area contributed by atoms with E-state index >= 15 is 0 Å². The molecule has 1 nitrogen and oxygen atoms in total. The molecule has 2 atom stereocenters. The second kappa shape index (κ2) is 7.40. The predicted octanol–water partition coefficient (Wildman–Crippen LogP) is 5.05. The third-order valence-electron chi connectivity index (χ3n) is 5.53. The summed E-state index contributed by atoms with van der Waals surface area (Å²) in [4.78, 5) is 0. The van der Waals surface area contributed by atoms with Crippen molar-refractivity contribution < 1.29 is 4.39 Å². The van der Waals surface area contributed by atoms with E-state index in [1.165, 1.54) is 63.9 Å². The van der Waals surface area contributed by atoms with Crippen molar-refractivity contribution >= 4 is 0 Å². The van der Waals surface area contributed by atoms with Gasteiger partial charge in [-0.1, -0.05) is 57.1 Å². The smallest absolute Gasteiger partial charge is 0.123 e. The summed E-state index contributed by atoms with van der Waals surface area (Å²) < 4.78 is 13.3. The van der Waals surface area contributed by atoms with Crippen LogP contribution in [-0.2, 0) is 6.54 Å². The average Bonchev–Trinajstić information content (AvgIpc) is 2.54. The normalized spacial score (nSPS) is 27.7. The molecule has 0 heterocycles. The monoisotopic (exact) mass is 289 g/mol. The first-order valence-electron chi connectivity index (χ1n) is 8.81. The Morgan fingerprint density at radius 2 is 1.71 bits per heavy atom. The zero-order valence-corrected chi connectivity index (χ0v) is 13.0. The fourth-order valence-corrected chi connectivity index (χ4v) is 4.44. The highest BCUT2D eigenvalue weighted by molar-refractivity contribution is 5.16. The molecule has 21 heavy (non-hydrogen) atoms. The third kappa shape index (κ3) is 4.06. The second-order valence-corrected chi connectivity index (χ2v) is 6.96. The lowest BCUT2D eigenvalue weighted by Gasteiger charge is -2.39. The number of rotatable bonds is 4. The molecule has 0 amide bonds. The molecule has 0 radical (unpaired) electrons. The van der Waals surface area contributed by atoms with Gasteiger partial charge in [-0.2, -0.15) is 0 Å². The molecule has 1 N–H and O–H groups in total. The van der Waals surface area contributed by atoms with Crippen molar-refractivity contribution in [1.82, 2.24) is 5.32 Å². The Morgan fingerprint density at radius 3 is 2.52 bits per heavy atom. The van der Waals surface area contributed by atoms with E-state index in [9.17, 15) is 4.39 Å². The summed E-state index contributed by atoms with van der Waals surface area (Å²) in [7, 11) is 0. The molecule has 0 bridgehead atoms. The topological polar surface area (TPSA) is 12.0 Å². The summed E-state index contributed by atoms with van der Waals surface area (Å²) in [6.45, 7) is 0.811. The highest BCUT2D eigenvalue weighted by Crippen LogP contribution is 2.38. The van der Waals surface area contributed by atoms with Crippen molar-refractivity contribution in [3.05, 3.63) is 35.6 Å². The fourth-order valence-electron chi connectivity index (χ4n) is 4.44. The highest BCUT2D eigenvalue weighted by atomic mass is 19.1. The standard InChI is InChI=1S/C19H28FN/c20-17-10-6-7-15(13-17)14-21-19-12-5-4-11-18(19)16-8-2-1-3-9-16/h6-7,10,13,16,18-19,21H,1-5,8-9,11-12,14H2. The Bertz CT molecular complexity index is 439. The van der Waals surface area contributed by atoms with Crippen LogP contribution >= 0.6 is 0 Å². The summed E-state index contributed by atoms with van der Waals surface area (Å²) in [6, 6.07) is 7.66. The van der Waals surface area contributed by atoms with Crippen molar-refractivity contribution in [2.75, 3.05) is 0 Å². The van der Waals surface area contributed by atoms with Gasteiger partial charge in [-0.3, -0.25) is 0 Å². The second-order valence-electron chi connectivity index (χ2n) is 6.96. The molecule has 2 fully saturated rings. The van der Waals surface area contributed by atoms with Gasteiger partial charge in [0.2, 0.25) is 0 Å². The van der Waals surface area contributed by atoms with Crippen molar-refractivity contribution in [2.24, 2.45) is 11.8 Å². The van der Waals surface area contributed by atoms with E-state index in [1.54, 1.807) is 6.07 Å². The molecule has 116 valence electrons. The molecule has 3 rings (SSSR count). The minimum absolute atomic E-state index is 0.123. The molecule has 0 spiro atoms. The van der Waals surface area contributed by atoms with Gasteiger partial charge in [0.25, 0.3) is 0 Å². The molecule has 0 aromatic heterocycles. The van der Waals surface area contributed by atoms with Gasteiger partial charge >= 0.3 is 0 Å². The fraction of sp³-hybridized carbons (Fsp3) is 0.684. The molecule has 2 saturated carbocycles. The summed E-state index contributed by atoms with van der Waals surface area (Å²) >= 11 is 0. The average molecular weight is 289 g/mol. The maximum atomic E-state index is 13.3. The maximum Gasteiger partial charge on any atom is 0.123 e. The zero-order valence-electron chi connectivity index (χ0n) is 13.0. The molecule has 0 aliphatic heterocycles. The van der Waals surface area contributed by atoms with Gasteiger partial charge in [-0.15, -0.1) is 0 Å². The Labute approximate surface area is 128 Å². The zero-order chi connectivity index (χ0) is 14.5. The molecule has 1 aromatic rings. The van der Waals surface area contributed by atoms with Crippen LogP contribution in [0, 0.1) is 17.7 Å². The van der Waals surface area contributed by atoms with E-state index in [4.69, 9.17) is 0 Å². The molecule has 2 aliphatic carbocycles. The Morgan fingerprint density at radius 1 is 0.952 bits per heavy atom. The van der Waals surface area contributed by atoms with Crippen LogP contribution in [0.1, 0.15) is 63.4 Å². The van der Waals surface area contributed by atoms with Crippen molar-refractivity contribution in [3.63, 3.8) is 0 Å². The van der Waals surface area contributed by atoms with Gasteiger partial charge in [0.1, 0.15) is 5.82 Å². The molecule has 1 aromatic carbocycles. The SMILES string of the molecule is Fc1cccc(CNC2CCCCC2C2CCCCC2)c1. The lowest BCUT2D eigenvalue weighted by atomic mass is 9.71. The van der Waals surface area contributed by atoms with Crippen LogP contribution in [0.5, 0.6) is 0 Å². The number of nitrogens with one attached hydrogen (secondary N) is 1. The summed E-state index contributed by atoms with van der Waals surface area (Å²) in [5.74, 6) is 1.67. The van der Waals surface area contributed by atoms with E-state index in [2.05, 4.69) is 5.32 Å². The van der Waals surface area contributed by atoms with E-state index in [-0.39, 0.29) is 5.82 Å². The van der Waals surface area contributed by atoms with Gasteiger partial charge < -0.3 is 5.32 Å². The predicted molar refractivity (Wildman–Crippen MR) is 85.6 cm³/mol. The summed E-state index contributed by atoms with van der Waals surface area (Å²) in [6.07, 6.45) is 12.6. The Balaban J connectivity index is 1.58. The Kier molecular flexibility index (Phi) is 5.29. The van der Waals surface area contributed by atoms with E-state index < -0.39 is 0 Å². The van der Waals surface area contributed by atoms with Gasteiger partial charge in [0.05, 0.1) is 0 Å². The minimum atomic E-state index is -0.123. The maximum absolute atomic E-state index is 13.3. The first-order valence-corrected chi connectivity index (χ1v) is 8.81. The number of benzene rings is 1. The van der Waals surface area contributed by atoms with Crippen LogP contribution in [-0.4, -0.2) is 6.04 Å². The number of halogens is 1. The first kappa shape index (κ1) is 15.0. The third-order valence-corrected chi connectivity index (χ3v) is 5.53. The lowest BCUT2D eigenvalue weighted by molar-refractivity contribution is 0.149. The van der Waals surface area contributed by atoms with Crippen molar-refractivity contribution in [3.8, 4) is 0 Å². The summed E-state index contributed by atoms with van der Waals surface area (Å²) in [5, 5.41) is 3.75. The van der Waals surface area contributed by atoms with E-state index in [0.29, 0.717) is 6.04 Å². The van der Waals surface area contributed by atoms with Gasteiger partial charge in [0.15, 0.2) is 0 Å². The van der Waals surface area contributed by atoms with E-state index in [1.807, 2.05) is 12.1 Å². The number of hydrogen-bond donors (Lipinski definition) is 1. The molecular formula is C19H28FN. The van der Waals surface area contributed by atoms with Gasteiger partial charge in [-0.25, -0.2) is 4.39 Å². The van der Waals surface area contributed by atoms with Crippen LogP contribution in [0.15, 0.2) is 24.3 Å². The van der Waals surface area contributed by atoms with Crippen molar-refractivity contribution in [1.29, 1.82) is 0 Å². The largest absolute Gasteiger partial charge is 0.310 e.